The Morgan fingerprint density at radius 2 is 1.00 bits per heavy atom. The Morgan fingerprint density at radius 3 is 1.44 bits per heavy atom. The van der Waals surface area contributed by atoms with Crippen molar-refractivity contribution in [2.75, 3.05) is 33.0 Å². The lowest BCUT2D eigenvalue weighted by atomic mass is 10.3. The maximum atomic E-state index is 11.1. The summed E-state index contributed by atoms with van der Waals surface area (Å²) in [5.41, 5.74) is 0. The minimum absolute atomic E-state index is 0.0625. The van der Waals surface area contributed by atoms with Crippen LogP contribution in [-0.4, -0.2) is 75.4 Å². The Balaban J connectivity index is 4.03. The van der Waals surface area contributed by atoms with Crippen molar-refractivity contribution in [2.45, 2.75) is 66.0 Å². The lowest BCUT2D eigenvalue weighted by Crippen LogP contribution is -2.32. The lowest BCUT2D eigenvalue weighted by molar-refractivity contribution is -0.162. The number of rotatable bonds is 14. The first-order chi connectivity index (χ1) is 12.6. The van der Waals surface area contributed by atoms with Crippen molar-refractivity contribution in [1.82, 2.24) is 0 Å². The minimum atomic E-state index is -0.670. The molecule has 0 aromatic rings. The lowest BCUT2D eigenvalue weighted by Gasteiger charge is -2.22. The maximum Gasteiger partial charge on any atom is 0.303 e. The van der Waals surface area contributed by atoms with Crippen molar-refractivity contribution in [3.05, 3.63) is 0 Å². The molecular weight excluding hydrogens is 360 g/mol. The van der Waals surface area contributed by atoms with Crippen LogP contribution in [0, 0.1) is 0 Å². The van der Waals surface area contributed by atoms with Gasteiger partial charge in [0.2, 0.25) is 0 Å². The van der Waals surface area contributed by atoms with E-state index in [1.54, 1.807) is 6.92 Å². The van der Waals surface area contributed by atoms with Gasteiger partial charge < -0.3 is 28.4 Å². The van der Waals surface area contributed by atoms with E-state index in [1.165, 1.54) is 20.8 Å². The molecule has 0 aliphatic rings. The quantitative estimate of drug-likeness (QED) is 0.319. The fraction of sp³-hybridized carbons (Fsp3) is 0.833. The number of carbonyl (C=O) groups is 3. The van der Waals surface area contributed by atoms with Gasteiger partial charge in [0.1, 0.15) is 13.2 Å². The topological polar surface area (TPSA) is 107 Å². The van der Waals surface area contributed by atoms with Gasteiger partial charge in [0.05, 0.1) is 38.1 Å². The molecule has 27 heavy (non-hydrogen) atoms. The molecule has 4 atom stereocenters. The van der Waals surface area contributed by atoms with Crippen LogP contribution in [0.5, 0.6) is 0 Å². The SMILES string of the molecule is CC(=O)OCC(C)OCC(C)OCC(C)OCC(COC(C)=O)OC(C)=O. The second-order valence-corrected chi connectivity index (χ2v) is 6.27. The van der Waals surface area contributed by atoms with Crippen molar-refractivity contribution >= 4 is 17.9 Å². The highest BCUT2D eigenvalue weighted by Gasteiger charge is 2.17. The van der Waals surface area contributed by atoms with Gasteiger partial charge in [-0.25, -0.2) is 0 Å². The molecule has 0 aromatic heterocycles. The van der Waals surface area contributed by atoms with Crippen LogP contribution in [0.1, 0.15) is 41.5 Å². The van der Waals surface area contributed by atoms with Gasteiger partial charge in [0.25, 0.3) is 0 Å². The molecule has 0 heterocycles. The smallest absolute Gasteiger partial charge is 0.303 e. The highest BCUT2D eigenvalue weighted by atomic mass is 16.6. The summed E-state index contributed by atoms with van der Waals surface area (Å²) in [7, 11) is 0. The van der Waals surface area contributed by atoms with Gasteiger partial charge in [0.15, 0.2) is 6.10 Å². The Kier molecular flexibility index (Phi) is 13.5. The highest BCUT2D eigenvalue weighted by molar-refractivity contribution is 5.67. The zero-order valence-corrected chi connectivity index (χ0v) is 17.0. The van der Waals surface area contributed by atoms with E-state index >= 15 is 0 Å². The molecule has 0 bridgehead atoms. The second-order valence-electron chi connectivity index (χ2n) is 6.27. The maximum absolute atomic E-state index is 11.1. The van der Waals surface area contributed by atoms with Gasteiger partial charge in [-0.05, 0) is 20.8 Å². The third kappa shape index (κ3) is 16.2. The molecule has 0 spiro atoms. The summed E-state index contributed by atoms with van der Waals surface area (Å²) in [5.74, 6) is -1.28. The van der Waals surface area contributed by atoms with E-state index in [4.69, 9.17) is 28.4 Å². The average molecular weight is 392 g/mol. The van der Waals surface area contributed by atoms with Crippen LogP contribution >= 0.6 is 0 Å². The zero-order chi connectivity index (χ0) is 20.8. The fourth-order valence-corrected chi connectivity index (χ4v) is 1.81. The predicted molar refractivity (Wildman–Crippen MR) is 95.1 cm³/mol. The van der Waals surface area contributed by atoms with Crippen molar-refractivity contribution in [2.24, 2.45) is 0 Å². The zero-order valence-electron chi connectivity index (χ0n) is 17.0. The van der Waals surface area contributed by atoms with Gasteiger partial charge in [0, 0.05) is 20.8 Å². The van der Waals surface area contributed by atoms with E-state index < -0.39 is 18.0 Å². The summed E-state index contributed by atoms with van der Waals surface area (Å²) in [4.78, 5) is 32.7. The fourth-order valence-electron chi connectivity index (χ4n) is 1.81. The largest absolute Gasteiger partial charge is 0.463 e. The standard InChI is InChI=1S/C18H32O9/c1-12(7-23-14(3)9-25-15(4)19)22-8-13(2)24-10-18(27-17(6)21)11-26-16(5)20/h12-14,18H,7-11H2,1-6H3. The first-order valence-corrected chi connectivity index (χ1v) is 8.88. The Hall–Kier alpha value is -1.71. The van der Waals surface area contributed by atoms with Crippen LogP contribution in [0.15, 0.2) is 0 Å². The number of hydrogen-bond donors (Lipinski definition) is 0. The number of carbonyl (C=O) groups excluding carboxylic acids is 3. The molecule has 0 saturated heterocycles. The number of hydrogen-bond acceptors (Lipinski definition) is 9. The Bertz CT molecular complexity index is 452. The normalized spacial score (nSPS) is 15.3. The molecule has 0 amide bonds. The molecule has 0 radical (unpaired) electrons. The van der Waals surface area contributed by atoms with Crippen molar-refractivity contribution in [3.8, 4) is 0 Å². The molecule has 158 valence electrons. The van der Waals surface area contributed by atoms with Gasteiger partial charge in [-0.15, -0.1) is 0 Å². The van der Waals surface area contributed by atoms with Crippen LogP contribution in [0.4, 0.5) is 0 Å². The summed E-state index contributed by atoms with van der Waals surface area (Å²) in [6.07, 6.45) is -1.33. The van der Waals surface area contributed by atoms with E-state index in [0.717, 1.165) is 0 Å². The monoisotopic (exact) mass is 392 g/mol. The third-order valence-electron chi connectivity index (χ3n) is 3.12. The van der Waals surface area contributed by atoms with E-state index in [0.29, 0.717) is 13.2 Å². The summed E-state index contributed by atoms with van der Waals surface area (Å²) in [6, 6.07) is 0. The molecule has 0 saturated carbocycles. The minimum Gasteiger partial charge on any atom is -0.463 e. The Labute approximate surface area is 160 Å². The molecule has 0 N–H and O–H groups in total. The second kappa shape index (κ2) is 14.4. The van der Waals surface area contributed by atoms with Crippen molar-refractivity contribution < 1.29 is 42.8 Å². The first-order valence-electron chi connectivity index (χ1n) is 8.88. The van der Waals surface area contributed by atoms with E-state index in [-0.39, 0.29) is 44.1 Å². The van der Waals surface area contributed by atoms with E-state index in [2.05, 4.69) is 0 Å². The van der Waals surface area contributed by atoms with Crippen molar-refractivity contribution in [1.29, 1.82) is 0 Å². The van der Waals surface area contributed by atoms with Crippen LogP contribution in [0.25, 0.3) is 0 Å². The molecule has 0 fully saturated rings. The molecule has 9 heteroatoms. The van der Waals surface area contributed by atoms with Gasteiger partial charge in [-0.3, -0.25) is 14.4 Å². The van der Waals surface area contributed by atoms with Crippen molar-refractivity contribution in [3.63, 3.8) is 0 Å². The van der Waals surface area contributed by atoms with Gasteiger partial charge in [-0.1, -0.05) is 0 Å². The molecule has 0 aliphatic carbocycles. The first kappa shape index (κ1) is 25.3. The Morgan fingerprint density at radius 1 is 0.593 bits per heavy atom. The van der Waals surface area contributed by atoms with Crippen LogP contribution < -0.4 is 0 Å². The number of esters is 3. The molecular formula is C18H32O9. The molecule has 0 aromatic carbocycles. The van der Waals surface area contributed by atoms with Crippen LogP contribution in [0.3, 0.4) is 0 Å². The number of ether oxygens (including phenoxy) is 6. The average Bonchev–Trinajstić information content (AvgIpc) is 2.57. The molecule has 0 aliphatic heterocycles. The predicted octanol–water partition coefficient (Wildman–Crippen LogP) is 1.26. The van der Waals surface area contributed by atoms with Gasteiger partial charge in [-0.2, -0.15) is 0 Å². The highest BCUT2D eigenvalue weighted by Crippen LogP contribution is 2.03. The third-order valence-corrected chi connectivity index (χ3v) is 3.12. The van der Waals surface area contributed by atoms with E-state index in [1.807, 2.05) is 13.8 Å². The summed E-state index contributed by atoms with van der Waals surface area (Å²) >= 11 is 0. The van der Waals surface area contributed by atoms with Gasteiger partial charge >= 0.3 is 17.9 Å². The molecule has 4 unspecified atom stereocenters. The summed E-state index contributed by atoms with van der Waals surface area (Å²) in [6.45, 7) is 10.2. The van der Waals surface area contributed by atoms with Crippen LogP contribution in [0.2, 0.25) is 0 Å². The van der Waals surface area contributed by atoms with E-state index in [9.17, 15) is 14.4 Å². The summed E-state index contributed by atoms with van der Waals surface area (Å²) in [5, 5.41) is 0. The molecule has 0 rings (SSSR count). The van der Waals surface area contributed by atoms with Crippen LogP contribution in [-0.2, 0) is 42.8 Å². The summed E-state index contributed by atoms with van der Waals surface area (Å²) < 4.78 is 31.5. The molecule has 9 nitrogen and oxygen atoms in total.